The number of amides is 1. The van der Waals surface area contributed by atoms with E-state index in [0.29, 0.717) is 12.3 Å². The average Bonchev–Trinajstić information content (AvgIpc) is 3.12. The highest BCUT2D eigenvalue weighted by atomic mass is 16.5. The Bertz CT molecular complexity index is 920. The van der Waals surface area contributed by atoms with Crippen LogP contribution in [0.15, 0.2) is 60.8 Å². The van der Waals surface area contributed by atoms with E-state index in [9.17, 15) is 4.79 Å². The van der Waals surface area contributed by atoms with Gasteiger partial charge in [0.2, 0.25) is 0 Å². The predicted molar refractivity (Wildman–Crippen MR) is 113 cm³/mol. The molecule has 29 heavy (non-hydrogen) atoms. The number of benzene rings is 2. The first-order valence-electron chi connectivity index (χ1n) is 9.76. The van der Waals surface area contributed by atoms with Gasteiger partial charge in [0.15, 0.2) is 6.10 Å². The first-order chi connectivity index (χ1) is 14.1. The monoisotopic (exact) mass is 393 g/mol. The fourth-order valence-electron chi connectivity index (χ4n) is 3.00. The van der Waals surface area contributed by atoms with Crippen molar-refractivity contribution in [1.82, 2.24) is 15.1 Å². The van der Waals surface area contributed by atoms with Crippen LogP contribution in [-0.4, -0.2) is 35.4 Å². The van der Waals surface area contributed by atoms with E-state index in [1.807, 2.05) is 41.9 Å². The number of hydrogen-bond donors (Lipinski definition) is 1. The summed E-state index contributed by atoms with van der Waals surface area (Å²) in [6.07, 6.45) is 3.18. The Labute approximate surface area is 171 Å². The zero-order valence-corrected chi connectivity index (χ0v) is 17.1. The molecule has 6 heteroatoms. The lowest BCUT2D eigenvalue weighted by Crippen LogP contribution is -2.36. The summed E-state index contributed by atoms with van der Waals surface area (Å²) in [6.45, 7) is 4.34. The Morgan fingerprint density at radius 3 is 2.48 bits per heavy atom. The van der Waals surface area contributed by atoms with Gasteiger partial charge in [-0.05, 0) is 68.7 Å². The van der Waals surface area contributed by atoms with Gasteiger partial charge in [-0.15, -0.1) is 0 Å². The van der Waals surface area contributed by atoms with E-state index in [0.717, 1.165) is 30.0 Å². The van der Waals surface area contributed by atoms with Crippen molar-refractivity contribution in [3.05, 3.63) is 72.1 Å². The second-order valence-electron chi connectivity index (χ2n) is 6.85. The van der Waals surface area contributed by atoms with E-state index < -0.39 is 6.10 Å². The Kier molecular flexibility index (Phi) is 6.89. The van der Waals surface area contributed by atoms with E-state index >= 15 is 0 Å². The number of aryl methyl sites for hydroxylation is 2. The van der Waals surface area contributed by atoms with Gasteiger partial charge in [-0.2, -0.15) is 5.10 Å². The lowest BCUT2D eigenvalue weighted by molar-refractivity contribution is -0.127. The van der Waals surface area contributed by atoms with Gasteiger partial charge in [0, 0.05) is 12.7 Å². The zero-order valence-electron chi connectivity index (χ0n) is 17.1. The van der Waals surface area contributed by atoms with Gasteiger partial charge < -0.3 is 14.8 Å². The minimum Gasteiger partial charge on any atom is -0.497 e. The Hall–Kier alpha value is -3.28. The number of carbonyl (C=O) groups excluding carboxylic acids is 1. The number of methoxy groups -OCH3 is 1. The van der Waals surface area contributed by atoms with Crippen molar-refractivity contribution in [2.45, 2.75) is 32.8 Å². The van der Waals surface area contributed by atoms with Crippen LogP contribution in [0.1, 0.15) is 24.6 Å². The van der Waals surface area contributed by atoms with Gasteiger partial charge in [-0.25, -0.2) is 4.68 Å². The number of para-hydroxylation sites is 1. The van der Waals surface area contributed by atoms with Gasteiger partial charge in [-0.3, -0.25) is 4.79 Å². The molecule has 0 bridgehead atoms. The Morgan fingerprint density at radius 2 is 1.79 bits per heavy atom. The van der Waals surface area contributed by atoms with Crippen LogP contribution in [0.2, 0.25) is 0 Å². The SMILES string of the molecule is COc1ccc(OC(C)C(=O)NCCCc2cn(-c3ccccc3)nc2C)cc1. The third-order valence-electron chi connectivity index (χ3n) is 4.68. The number of hydrogen-bond acceptors (Lipinski definition) is 4. The number of rotatable bonds is 9. The fourth-order valence-corrected chi connectivity index (χ4v) is 3.00. The van der Waals surface area contributed by atoms with Crippen molar-refractivity contribution in [2.24, 2.45) is 0 Å². The first-order valence-corrected chi connectivity index (χ1v) is 9.76. The molecule has 3 aromatic rings. The van der Waals surface area contributed by atoms with Crippen LogP contribution in [0.25, 0.3) is 5.69 Å². The maximum absolute atomic E-state index is 12.3. The van der Waals surface area contributed by atoms with Crippen LogP contribution in [-0.2, 0) is 11.2 Å². The highest BCUT2D eigenvalue weighted by Crippen LogP contribution is 2.18. The maximum Gasteiger partial charge on any atom is 0.260 e. The summed E-state index contributed by atoms with van der Waals surface area (Å²) in [5, 5.41) is 7.52. The van der Waals surface area contributed by atoms with Crippen molar-refractivity contribution in [1.29, 1.82) is 0 Å². The molecule has 1 unspecified atom stereocenters. The largest absolute Gasteiger partial charge is 0.497 e. The van der Waals surface area contributed by atoms with E-state index in [2.05, 4.69) is 16.6 Å². The molecule has 2 aromatic carbocycles. The van der Waals surface area contributed by atoms with Crippen LogP contribution < -0.4 is 14.8 Å². The number of ether oxygens (including phenoxy) is 2. The zero-order chi connectivity index (χ0) is 20.6. The Balaban J connectivity index is 1.44. The van der Waals surface area contributed by atoms with Crippen molar-refractivity contribution < 1.29 is 14.3 Å². The Morgan fingerprint density at radius 1 is 1.10 bits per heavy atom. The number of aromatic nitrogens is 2. The number of nitrogens with zero attached hydrogens (tertiary/aromatic N) is 2. The highest BCUT2D eigenvalue weighted by Gasteiger charge is 2.14. The molecule has 6 nitrogen and oxygen atoms in total. The summed E-state index contributed by atoms with van der Waals surface area (Å²) in [4.78, 5) is 12.3. The van der Waals surface area contributed by atoms with Crippen molar-refractivity contribution in [3.8, 4) is 17.2 Å². The molecule has 0 aliphatic carbocycles. The topological polar surface area (TPSA) is 65.4 Å². The summed E-state index contributed by atoms with van der Waals surface area (Å²) in [7, 11) is 1.61. The minimum absolute atomic E-state index is 0.127. The molecule has 1 aromatic heterocycles. The van der Waals surface area contributed by atoms with E-state index in [1.54, 1.807) is 38.3 Å². The second kappa shape index (κ2) is 9.78. The van der Waals surface area contributed by atoms with E-state index in [4.69, 9.17) is 9.47 Å². The van der Waals surface area contributed by atoms with Crippen LogP contribution in [0.3, 0.4) is 0 Å². The lowest BCUT2D eigenvalue weighted by atomic mass is 10.1. The molecule has 0 saturated carbocycles. The van der Waals surface area contributed by atoms with Crippen LogP contribution in [0.5, 0.6) is 11.5 Å². The van der Waals surface area contributed by atoms with Crippen LogP contribution in [0.4, 0.5) is 0 Å². The minimum atomic E-state index is -0.564. The van der Waals surface area contributed by atoms with Gasteiger partial charge >= 0.3 is 0 Å². The summed E-state index contributed by atoms with van der Waals surface area (Å²) in [6, 6.07) is 17.2. The molecule has 1 atom stereocenters. The average molecular weight is 393 g/mol. The standard InChI is InChI=1S/C23H27N3O3/c1-17-19(16-26(25-17)20-9-5-4-6-10-20)8-7-15-24-23(27)18(2)29-22-13-11-21(28-3)12-14-22/h4-6,9-14,16,18H,7-8,15H2,1-3H3,(H,24,27). The molecule has 0 aliphatic rings. The van der Waals surface area contributed by atoms with Crippen molar-refractivity contribution in [2.75, 3.05) is 13.7 Å². The van der Waals surface area contributed by atoms with E-state index in [-0.39, 0.29) is 5.91 Å². The molecule has 1 amide bonds. The maximum atomic E-state index is 12.3. The lowest BCUT2D eigenvalue weighted by Gasteiger charge is -2.15. The van der Waals surface area contributed by atoms with Gasteiger partial charge in [0.1, 0.15) is 11.5 Å². The number of carbonyl (C=O) groups is 1. The molecule has 0 fully saturated rings. The van der Waals surface area contributed by atoms with Crippen molar-refractivity contribution in [3.63, 3.8) is 0 Å². The van der Waals surface area contributed by atoms with E-state index in [1.165, 1.54) is 5.56 Å². The molecule has 1 N–H and O–H groups in total. The third-order valence-corrected chi connectivity index (χ3v) is 4.68. The second-order valence-corrected chi connectivity index (χ2v) is 6.85. The molecular formula is C23H27N3O3. The molecule has 152 valence electrons. The quantitative estimate of drug-likeness (QED) is 0.563. The molecule has 3 rings (SSSR count). The molecule has 0 aliphatic heterocycles. The first kappa shape index (κ1) is 20.5. The molecular weight excluding hydrogens is 366 g/mol. The van der Waals surface area contributed by atoms with Crippen LogP contribution >= 0.6 is 0 Å². The third kappa shape index (κ3) is 5.60. The predicted octanol–water partition coefficient (Wildman–Crippen LogP) is 3.71. The number of nitrogens with one attached hydrogen (secondary N) is 1. The molecule has 1 heterocycles. The normalized spacial score (nSPS) is 11.7. The van der Waals surface area contributed by atoms with Gasteiger partial charge in [0.05, 0.1) is 18.5 Å². The fraction of sp³-hybridized carbons (Fsp3) is 0.304. The van der Waals surface area contributed by atoms with Gasteiger partial charge in [-0.1, -0.05) is 18.2 Å². The smallest absolute Gasteiger partial charge is 0.260 e. The molecule has 0 saturated heterocycles. The van der Waals surface area contributed by atoms with Crippen LogP contribution in [0, 0.1) is 6.92 Å². The summed E-state index contributed by atoms with van der Waals surface area (Å²) in [5.41, 5.74) is 3.24. The highest BCUT2D eigenvalue weighted by molar-refractivity contribution is 5.80. The summed E-state index contributed by atoms with van der Waals surface area (Å²) < 4.78 is 12.7. The van der Waals surface area contributed by atoms with Crippen molar-refractivity contribution >= 4 is 5.91 Å². The summed E-state index contributed by atoms with van der Waals surface area (Å²) >= 11 is 0. The molecule has 0 radical (unpaired) electrons. The summed E-state index contributed by atoms with van der Waals surface area (Å²) in [5.74, 6) is 1.26. The van der Waals surface area contributed by atoms with Gasteiger partial charge in [0.25, 0.3) is 5.91 Å². The molecule has 0 spiro atoms.